The average molecular weight is 292 g/mol. The Morgan fingerprint density at radius 3 is 2.68 bits per heavy atom. The Bertz CT molecular complexity index is 819. The van der Waals surface area contributed by atoms with E-state index in [1.807, 2.05) is 44.2 Å². The Hall–Kier alpha value is -2.42. The van der Waals surface area contributed by atoms with Crippen molar-refractivity contribution in [3.63, 3.8) is 0 Å². The molecule has 0 fully saturated rings. The van der Waals surface area contributed by atoms with Gasteiger partial charge in [-0.15, -0.1) is 0 Å². The molecule has 0 aromatic heterocycles. The molecule has 2 atom stereocenters. The predicted molar refractivity (Wildman–Crippen MR) is 82.0 cm³/mol. The maximum atomic E-state index is 12.8. The van der Waals surface area contributed by atoms with Crippen molar-refractivity contribution in [1.82, 2.24) is 0 Å². The molecule has 3 nitrogen and oxygen atoms in total. The molecular weight excluding hydrogens is 276 g/mol. The minimum absolute atomic E-state index is 0.0975. The van der Waals surface area contributed by atoms with Crippen molar-refractivity contribution in [3.8, 4) is 0 Å². The van der Waals surface area contributed by atoms with E-state index in [1.54, 1.807) is 6.07 Å². The van der Waals surface area contributed by atoms with Gasteiger partial charge in [0, 0.05) is 11.1 Å². The molecule has 1 aliphatic heterocycles. The SMILES string of the molecule is Cc1ccc2c(c1)[C@@H]([C@H]1Cc3cccc(C)c3C1=O)OC2=O. The van der Waals surface area contributed by atoms with E-state index in [1.165, 1.54) is 0 Å². The predicted octanol–water partition coefficient (Wildman–Crippen LogP) is 3.57. The Kier molecular flexibility index (Phi) is 2.73. The molecule has 1 heterocycles. The molecule has 110 valence electrons. The molecule has 2 aliphatic rings. The minimum Gasteiger partial charge on any atom is -0.453 e. The Morgan fingerprint density at radius 1 is 1.09 bits per heavy atom. The lowest BCUT2D eigenvalue weighted by Crippen LogP contribution is -2.19. The van der Waals surface area contributed by atoms with Gasteiger partial charge in [-0.2, -0.15) is 0 Å². The maximum Gasteiger partial charge on any atom is 0.339 e. The van der Waals surface area contributed by atoms with Crippen molar-refractivity contribution in [2.24, 2.45) is 5.92 Å². The summed E-state index contributed by atoms with van der Waals surface area (Å²) in [5.41, 5.74) is 5.39. The lowest BCUT2D eigenvalue weighted by Gasteiger charge is -2.17. The molecule has 22 heavy (non-hydrogen) atoms. The van der Waals surface area contributed by atoms with Gasteiger partial charge in [-0.1, -0.05) is 35.9 Å². The number of Topliss-reactive ketones (excluding diaryl/α,β-unsaturated/α-hetero) is 1. The summed E-state index contributed by atoms with van der Waals surface area (Å²) in [6, 6.07) is 11.6. The fraction of sp³-hybridized carbons (Fsp3) is 0.263. The number of hydrogen-bond donors (Lipinski definition) is 0. The van der Waals surface area contributed by atoms with Crippen LogP contribution in [-0.2, 0) is 11.2 Å². The zero-order valence-corrected chi connectivity index (χ0v) is 12.6. The third-order valence-electron chi connectivity index (χ3n) is 4.72. The van der Waals surface area contributed by atoms with Crippen LogP contribution in [0, 0.1) is 19.8 Å². The van der Waals surface area contributed by atoms with Crippen molar-refractivity contribution in [2.75, 3.05) is 0 Å². The summed E-state index contributed by atoms with van der Waals surface area (Å²) in [6.07, 6.45) is 0.183. The number of fused-ring (bicyclic) bond motifs is 2. The summed E-state index contributed by atoms with van der Waals surface area (Å²) in [4.78, 5) is 24.9. The molecule has 4 rings (SSSR count). The van der Waals surface area contributed by atoms with E-state index in [4.69, 9.17) is 4.74 Å². The number of benzene rings is 2. The van der Waals surface area contributed by atoms with Gasteiger partial charge in [-0.05, 0) is 37.5 Å². The van der Waals surface area contributed by atoms with E-state index in [0.717, 1.165) is 27.8 Å². The molecule has 0 bridgehead atoms. The van der Waals surface area contributed by atoms with E-state index in [9.17, 15) is 9.59 Å². The Balaban J connectivity index is 1.78. The number of aryl methyl sites for hydroxylation is 2. The van der Waals surface area contributed by atoms with Crippen molar-refractivity contribution in [2.45, 2.75) is 26.4 Å². The first-order valence-corrected chi connectivity index (χ1v) is 7.50. The van der Waals surface area contributed by atoms with Gasteiger partial charge >= 0.3 is 5.97 Å². The number of carbonyl (C=O) groups excluding carboxylic acids is 2. The first-order chi connectivity index (χ1) is 10.6. The number of esters is 1. The van der Waals surface area contributed by atoms with Gasteiger partial charge in [0.1, 0.15) is 6.10 Å². The van der Waals surface area contributed by atoms with Crippen LogP contribution in [0.4, 0.5) is 0 Å². The summed E-state index contributed by atoms with van der Waals surface area (Å²) >= 11 is 0. The highest BCUT2D eigenvalue weighted by atomic mass is 16.5. The van der Waals surface area contributed by atoms with E-state index in [0.29, 0.717) is 12.0 Å². The number of hydrogen-bond acceptors (Lipinski definition) is 3. The highest BCUT2D eigenvalue weighted by Gasteiger charge is 2.44. The second-order valence-electron chi connectivity index (χ2n) is 6.20. The zero-order chi connectivity index (χ0) is 15.4. The molecule has 3 heteroatoms. The van der Waals surface area contributed by atoms with Gasteiger partial charge in [0.25, 0.3) is 0 Å². The molecule has 1 aliphatic carbocycles. The van der Waals surface area contributed by atoms with Gasteiger partial charge in [0.15, 0.2) is 5.78 Å². The summed E-state index contributed by atoms with van der Waals surface area (Å²) in [6.45, 7) is 3.94. The van der Waals surface area contributed by atoms with Crippen LogP contribution >= 0.6 is 0 Å². The highest BCUT2D eigenvalue weighted by Crippen LogP contribution is 2.43. The van der Waals surface area contributed by atoms with E-state index in [-0.39, 0.29) is 17.7 Å². The molecular formula is C19H16O3. The second kappa shape index (κ2) is 4.54. The van der Waals surface area contributed by atoms with Crippen LogP contribution in [-0.4, -0.2) is 11.8 Å². The van der Waals surface area contributed by atoms with Gasteiger partial charge in [0.2, 0.25) is 0 Å². The fourth-order valence-corrected chi connectivity index (χ4v) is 3.66. The number of carbonyl (C=O) groups is 2. The summed E-state index contributed by atoms with van der Waals surface area (Å²) in [7, 11) is 0. The number of rotatable bonds is 1. The lowest BCUT2D eigenvalue weighted by molar-refractivity contribution is 0.0252. The first kappa shape index (κ1) is 13.3. The Morgan fingerprint density at radius 2 is 1.91 bits per heavy atom. The minimum atomic E-state index is -0.457. The Labute approximate surface area is 128 Å². The van der Waals surface area contributed by atoms with Crippen LogP contribution in [0.5, 0.6) is 0 Å². The van der Waals surface area contributed by atoms with Crippen LogP contribution in [0.15, 0.2) is 36.4 Å². The number of cyclic esters (lactones) is 1. The number of ketones is 1. The quantitative estimate of drug-likeness (QED) is 0.755. The molecule has 2 aromatic rings. The molecule has 0 radical (unpaired) electrons. The van der Waals surface area contributed by atoms with E-state index >= 15 is 0 Å². The molecule has 2 aromatic carbocycles. The first-order valence-electron chi connectivity index (χ1n) is 7.50. The normalized spacial score (nSPS) is 22.5. The fourth-order valence-electron chi connectivity index (χ4n) is 3.66. The third-order valence-corrected chi connectivity index (χ3v) is 4.72. The molecule has 0 spiro atoms. The number of ether oxygens (including phenoxy) is 1. The average Bonchev–Trinajstić information content (AvgIpc) is 2.98. The molecule has 0 saturated carbocycles. The molecule has 0 unspecified atom stereocenters. The summed E-state index contributed by atoms with van der Waals surface area (Å²) in [5, 5.41) is 0. The highest BCUT2D eigenvalue weighted by molar-refractivity contribution is 6.05. The van der Waals surface area contributed by atoms with Crippen molar-refractivity contribution in [3.05, 3.63) is 69.8 Å². The van der Waals surface area contributed by atoms with Crippen LogP contribution in [0.3, 0.4) is 0 Å². The van der Waals surface area contributed by atoms with Crippen LogP contribution in [0.2, 0.25) is 0 Å². The summed E-state index contributed by atoms with van der Waals surface area (Å²) < 4.78 is 5.55. The zero-order valence-electron chi connectivity index (χ0n) is 12.6. The van der Waals surface area contributed by atoms with E-state index in [2.05, 4.69) is 0 Å². The lowest BCUT2D eigenvalue weighted by atomic mass is 9.90. The monoisotopic (exact) mass is 292 g/mol. The largest absolute Gasteiger partial charge is 0.453 e. The van der Waals surface area contributed by atoms with Crippen LogP contribution < -0.4 is 0 Å². The van der Waals surface area contributed by atoms with Gasteiger partial charge < -0.3 is 4.74 Å². The van der Waals surface area contributed by atoms with Crippen molar-refractivity contribution in [1.29, 1.82) is 0 Å². The van der Waals surface area contributed by atoms with Gasteiger partial charge in [-0.3, -0.25) is 4.79 Å². The topological polar surface area (TPSA) is 43.4 Å². The molecule has 0 saturated heterocycles. The maximum absolute atomic E-state index is 12.8. The van der Waals surface area contributed by atoms with Crippen LogP contribution in [0.25, 0.3) is 0 Å². The second-order valence-corrected chi connectivity index (χ2v) is 6.20. The van der Waals surface area contributed by atoms with Crippen LogP contribution in [0.1, 0.15) is 49.1 Å². The summed E-state index contributed by atoms with van der Waals surface area (Å²) in [5.74, 6) is -0.524. The molecule has 0 amide bonds. The smallest absolute Gasteiger partial charge is 0.339 e. The third kappa shape index (κ3) is 1.75. The van der Waals surface area contributed by atoms with Gasteiger partial charge in [0.05, 0.1) is 11.5 Å². The van der Waals surface area contributed by atoms with E-state index < -0.39 is 6.10 Å². The van der Waals surface area contributed by atoms with Crippen molar-refractivity contribution >= 4 is 11.8 Å². The van der Waals surface area contributed by atoms with Crippen molar-refractivity contribution < 1.29 is 14.3 Å². The standard InChI is InChI=1S/C19H16O3/c1-10-6-7-13-14(8-10)18(22-19(13)21)15-9-12-5-3-4-11(2)16(12)17(15)20/h3-8,15,18H,9H2,1-2H3/t15-,18-/m0/s1. The van der Waals surface area contributed by atoms with Gasteiger partial charge in [-0.25, -0.2) is 4.79 Å². The molecule has 0 N–H and O–H groups in total.